The summed E-state index contributed by atoms with van der Waals surface area (Å²) in [6.07, 6.45) is 2.55. The van der Waals surface area contributed by atoms with Crippen molar-refractivity contribution in [2.45, 2.75) is 26.3 Å². The molecule has 10 heteroatoms. The molecule has 43 heavy (non-hydrogen) atoms. The van der Waals surface area contributed by atoms with Gasteiger partial charge in [-0.2, -0.15) is 0 Å². The molecule has 1 amide bonds. The standard InChI is InChI=1S/C33H31N3O6S/c1-3-18-41-25-13-9-8-12-24(25)30-28(32(39)40-4-2)29(22-10-6-5-7-11-22)35-33-36(30)31(38)26(43-33)19-21-14-16-23(17-15-21)42-20-27(34)37/h5-17,19,30H,3-4,18,20H2,1-2H3,(H2,34,37)/b26-19-. The molecular weight excluding hydrogens is 566 g/mol. The summed E-state index contributed by atoms with van der Waals surface area (Å²) in [5.74, 6) is -0.0704. The van der Waals surface area contributed by atoms with Gasteiger partial charge in [0, 0.05) is 11.1 Å². The van der Waals surface area contributed by atoms with E-state index in [9.17, 15) is 14.4 Å². The third-order valence-electron chi connectivity index (χ3n) is 6.61. The number of fused-ring (bicyclic) bond motifs is 1. The second kappa shape index (κ2) is 13.3. The lowest BCUT2D eigenvalue weighted by Gasteiger charge is -2.27. The Labute approximate surface area is 252 Å². The minimum atomic E-state index is -0.842. The van der Waals surface area contributed by atoms with E-state index >= 15 is 0 Å². The monoisotopic (exact) mass is 597 g/mol. The highest BCUT2D eigenvalue weighted by Crippen LogP contribution is 2.38. The highest BCUT2D eigenvalue weighted by molar-refractivity contribution is 7.07. The maximum atomic E-state index is 14.1. The normalized spacial score (nSPS) is 14.6. The summed E-state index contributed by atoms with van der Waals surface area (Å²) in [4.78, 5) is 44.2. The van der Waals surface area contributed by atoms with Crippen LogP contribution in [-0.4, -0.2) is 36.3 Å². The van der Waals surface area contributed by atoms with Crippen LogP contribution in [0.15, 0.2) is 94.2 Å². The Bertz CT molecular complexity index is 1840. The van der Waals surface area contributed by atoms with Crippen molar-refractivity contribution in [1.82, 2.24) is 4.57 Å². The molecule has 1 aromatic heterocycles. The molecule has 4 aromatic rings. The molecule has 0 saturated heterocycles. The number of hydrogen-bond acceptors (Lipinski definition) is 8. The van der Waals surface area contributed by atoms with E-state index in [1.165, 1.54) is 11.3 Å². The van der Waals surface area contributed by atoms with E-state index in [0.29, 0.717) is 38.7 Å². The van der Waals surface area contributed by atoms with Crippen molar-refractivity contribution in [2.24, 2.45) is 10.7 Å². The predicted molar refractivity (Wildman–Crippen MR) is 164 cm³/mol. The fraction of sp³-hybridized carbons (Fsp3) is 0.212. The van der Waals surface area contributed by atoms with Crippen LogP contribution in [-0.2, 0) is 14.3 Å². The van der Waals surface area contributed by atoms with E-state index in [2.05, 4.69) is 0 Å². The summed E-state index contributed by atoms with van der Waals surface area (Å²) in [6, 6.07) is 22.9. The van der Waals surface area contributed by atoms with E-state index in [0.717, 1.165) is 17.5 Å². The number of rotatable bonds is 11. The van der Waals surface area contributed by atoms with Gasteiger partial charge < -0.3 is 19.9 Å². The van der Waals surface area contributed by atoms with Gasteiger partial charge in [0.25, 0.3) is 11.5 Å². The first-order valence-corrected chi connectivity index (χ1v) is 14.7. The van der Waals surface area contributed by atoms with Crippen molar-refractivity contribution in [3.05, 3.63) is 121 Å². The fourth-order valence-electron chi connectivity index (χ4n) is 4.75. The van der Waals surface area contributed by atoms with Gasteiger partial charge in [0.15, 0.2) is 11.4 Å². The van der Waals surface area contributed by atoms with Gasteiger partial charge in [-0.3, -0.25) is 14.2 Å². The molecule has 1 aliphatic heterocycles. The number of nitrogens with zero attached hydrogens (tertiary/aromatic N) is 2. The van der Waals surface area contributed by atoms with Crippen LogP contribution >= 0.6 is 11.3 Å². The molecule has 0 fully saturated rings. The number of ether oxygens (including phenoxy) is 3. The van der Waals surface area contributed by atoms with Crippen molar-refractivity contribution in [3.63, 3.8) is 0 Å². The van der Waals surface area contributed by atoms with E-state index in [4.69, 9.17) is 24.9 Å². The minimum absolute atomic E-state index is 0.161. The van der Waals surface area contributed by atoms with Crippen LogP contribution in [0.4, 0.5) is 0 Å². The summed E-state index contributed by atoms with van der Waals surface area (Å²) in [7, 11) is 0. The van der Waals surface area contributed by atoms with Gasteiger partial charge in [0.2, 0.25) is 0 Å². The SMILES string of the molecule is CCCOc1ccccc1C1C(C(=O)OCC)=C(c2ccccc2)N=c2s/c(=C\c3ccc(OCC(N)=O)cc3)c(=O)n21. The van der Waals surface area contributed by atoms with Crippen molar-refractivity contribution in [3.8, 4) is 11.5 Å². The third-order valence-corrected chi connectivity index (χ3v) is 7.59. The maximum Gasteiger partial charge on any atom is 0.338 e. The van der Waals surface area contributed by atoms with Crippen LogP contribution in [0.25, 0.3) is 11.8 Å². The Kier molecular flexibility index (Phi) is 9.17. The number of benzene rings is 3. The summed E-state index contributed by atoms with van der Waals surface area (Å²) < 4.78 is 19.0. The first-order chi connectivity index (χ1) is 20.9. The van der Waals surface area contributed by atoms with E-state index < -0.39 is 17.9 Å². The molecule has 9 nitrogen and oxygen atoms in total. The largest absolute Gasteiger partial charge is 0.493 e. The smallest absolute Gasteiger partial charge is 0.338 e. The van der Waals surface area contributed by atoms with Crippen LogP contribution in [0, 0.1) is 0 Å². The van der Waals surface area contributed by atoms with Gasteiger partial charge in [0.05, 0.1) is 29.0 Å². The number of amides is 1. The van der Waals surface area contributed by atoms with Crippen molar-refractivity contribution >= 4 is 35.0 Å². The Morgan fingerprint density at radius 3 is 2.40 bits per heavy atom. The molecule has 1 atom stereocenters. The van der Waals surface area contributed by atoms with Crippen LogP contribution < -0.4 is 30.1 Å². The summed E-state index contributed by atoms with van der Waals surface area (Å²) in [5, 5.41) is 0. The number of hydrogen-bond donors (Lipinski definition) is 1. The first kappa shape index (κ1) is 29.5. The molecule has 5 rings (SSSR count). The molecule has 0 radical (unpaired) electrons. The van der Waals surface area contributed by atoms with E-state index in [1.54, 1.807) is 41.8 Å². The average molecular weight is 598 g/mol. The number of aromatic nitrogens is 1. The summed E-state index contributed by atoms with van der Waals surface area (Å²) in [6.45, 7) is 4.16. The lowest BCUT2D eigenvalue weighted by atomic mass is 9.92. The zero-order valence-electron chi connectivity index (χ0n) is 23.8. The van der Waals surface area contributed by atoms with Gasteiger partial charge in [-0.1, -0.05) is 78.9 Å². The molecule has 2 N–H and O–H groups in total. The fourth-order valence-corrected chi connectivity index (χ4v) is 5.75. The Morgan fingerprint density at radius 2 is 1.70 bits per heavy atom. The molecule has 2 heterocycles. The highest BCUT2D eigenvalue weighted by atomic mass is 32.1. The van der Waals surface area contributed by atoms with Gasteiger partial charge in [-0.15, -0.1) is 0 Å². The number of carbonyl (C=O) groups is 2. The van der Waals surface area contributed by atoms with Gasteiger partial charge in [-0.25, -0.2) is 9.79 Å². The molecule has 220 valence electrons. The molecule has 0 spiro atoms. The Balaban J connectivity index is 1.73. The number of para-hydroxylation sites is 1. The van der Waals surface area contributed by atoms with Crippen LogP contribution in [0.2, 0.25) is 0 Å². The summed E-state index contributed by atoms with van der Waals surface area (Å²) in [5.41, 5.74) is 7.69. The number of nitrogens with two attached hydrogens (primary N) is 1. The lowest BCUT2D eigenvalue weighted by molar-refractivity contribution is -0.138. The lowest BCUT2D eigenvalue weighted by Crippen LogP contribution is -2.40. The quantitative estimate of drug-likeness (QED) is 0.264. The van der Waals surface area contributed by atoms with Crippen LogP contribution in [0.3, 0.4) is 0 Å². The highest BCUT2D eigenvalue weighted by Gasteiger charge is 2.36. The van der Waals surface area contributed by atoms with Crippen molar-refractivity contribution < 1.29 is 23.8 Å². The Hall–Kier alpha value is -4.96. The first-order valence-electron chi connectivity index (χ1n) is 13.9. The molecule has 0 aliphatic carbocycles. The summed E-state index contributed by atoms with van der Waals surface area (Å²) >= 11 is 1.23. The van der Waals surface area contributed by atoms with Crippen molar-refractivity contribution in [1.29, 1.82) is 0 Å². The molecule has 1 unspecified atom stereocenters. The number of primary amides is 1. The Morgan fingerprint density at radius 1 is 0.977 bits per heavy atom. The second-order valence-corrected chi connectivity index (χ2v) is 10.7. The zero-order chi connectivity index (χ0) is 30.3. The second-order valence-electron chi connectivity index (χ2n) is 9.64. The van der Waals surface area contributed by atoms with E-state index in [-0.39, 0.29) is 24.3 Å². The van der Waals surface area contributed by atoms with Crippen LogP contribution in [0.1, 0.15) is 43.0 Å². The van der Waals surface area contributed by atoms with E-state index in [1.807, 2.05) is 61.5 Å². The van der Waals surface area contributed by atoms with Gasteiger partial charge in [0.1, 0.15) is 17.5 Å². The van der Waals surface area contributed by atoms with Crippen LogP contribution in [0.5, 0.6) is 11.5 Å². The maximum absolute atomic E-state index is 14.1. The molecule has 1 aliphatic rings. The van der Waals surface area contributed by atoms with Gasteiger partial charge >= 0.3 is 5.97 Å². The number of thiazole rings is 1. The molecule has 0 saturated carbocycles. The van der Waals surface area contributed by atoms with Gasteiger partial charge in [-0.05, 0) is 43.2 Å². The molecular formula is C33H31N3O6S. The third kappa shape index (κ3) is 6.44. The topological polar surface area (TPSA) is 122 Å². The molecule has 3 aromatic carbocycles. The number of esters is 1. The molecule has 0 bridgehead atoms. The average Bonchev–Trinajstić information content (AvgIpc) is 3.33. The predicted octanol–water partition coefficient (Wildman–Crippen LogP) is 3.59. The minimum Gasteiger partial charge on any atom is -0.493 e. The number of carbonyl (C=O) groups excluding carboxylic acids is 2. The zero-order valence-corrected chi connectivity index (χ0v) is 24.6. The van der Waals surface area contributed by atoms with Crippen molar-refractivity contribution in [2.75, 3.05) is 19.8 Å².